The summed E-state index contributed by atoms with van der Waals surface area (Å²) in [6.07, 6.45) is 1.36. The Kier molecular flexibility index (Phi) is 6.25. The molecule has 3 rings (SSSR count). The van der Waals surface area contributed by atoms with Crippen LogP contribution in [0.3, 0.4) is 0 Å². The van der Waals surface area contributed by atoms with Gasteiger partial charge in [-0.1, -0.05) is 35.5 Å². The normalized spacial score (nSPS) is 11.5. The fourth-order valence-electron chi connectivity index (χ4n) is 2.24. The summed E-state index contributed by atoms with van der Waals surface area (Å²) < 4.78 is 26.9. The first-order valence-electron chi connectivity index (χ1n) is 7.86. The number of para-hydroxylation sites is 1. The number of carbonyl (C=O) groups is 1. The molecule has 2 aromatic carbocycles. The van der Waals surface area contributed by atoms with Crippen LogP contribution in [0.25, 0.3) is 10.2 Å². The maximum absolute atomic E-state index is 12.1. The average molecular weight is 442 g/mol. The van der Waals surface area contributed by atoms with Crippen LogP contribution in [-0.2, 0) is 14.8 Å². The molecule has 142 valence electrons. The van der Waals surface area contributed by atoms with Crippen molar-refractivity contribution >= 4 is 72.2 Å². The smallest absolute Gasteiger partial charge is 0.229 e. The van der Waals surface area contributed by atoms with E-state index in [0.29, 0.717) is 17.9 Å². The number of anilines is 2. The van der Waals surface area contributed by atoms with Crippen molar-refractivity contribution < 1.29 is 13.2 Å². The summed E-state index contributed by atoms with van der Waals surface area (Å²) in [7, 11) is -3.41. The van der Waals surface area contributed by atoms with Gasteiger partial charge in [-0.15, -0.1) is 11.3 Å². The lowest BCUT2D eigenvalue weighted by Crippen LogP contribution is -2.13. The number of hydrogen-bond acceptors (Lipinski definition) is 6. The molecular formula is C17H16ClN3O3S3. The third kappa shape index (κ3) is 5.83. The molecule has 6 nitrogen and oxygen atoms in total. The van der Waals surface area contributed by atoms with Crippen LogP contribution in [0.4, 0.5) is 11.4 Å². The van der Waals surface area contributed by atoms with Gasteiger partial charge >= 0.3 is 0 Å². The van der Waals surface area contributed by atoms with Crippen LogP contribution in [-0.4, -0.2) is 31.3 Å². The first kappa shape index (κ1) is 19.9. The van der Waals surface area contributed by atoms with Crippen LogP contribution >= 0.6 is 34.7 Å². The Hall–Kier alpha value is -1.81. The number of carbonyl (C=O) groups excluding carboxylic acids is 1. The molecule has 1 heterocycles. The molecule has 0 aliphatic rings. The first-order valence-corrected chi connectivity index (χ1v) is 11.9. The van der Waals surface area contributed by atoms with Crippen LogP contribution in [0.15, 0.2) is 46.8 Å². The number of nitrogens with one attached hydrogen (secondary N) is 2. The van der Waals surface area contributed by atoms with E-state index in [-0.39, 0.29) is 16.6 Å². The van der Waals surface area contributed by atoms with Gasteiger partial charge in [0.05, 0.1) is 27.2 Å². The molecule has 0 aliphatic carbocycles. The van der Waals surface area contributed by atoms with E-state index in [1.54, 1.807) is 29.2 Å². The monoisotopic (exact) mass is 441 g/mol. The Morgan fingerprint density at radius 3 is 2.74 bits per heavy atom. The van der Waals surface area contributed by atoms with E-state index < -0.39 is 10.0 Å². The summed E-state index contributed by atoms with van der Waals surface area (Å²) >= 11 is 9.20. The van der Waals surface area contributed by atoms with Crippen molar-refractivity contribution in [3.63, 3.8) is 0 Å². The molecule has 0 spiro atoms. The highest BCUT2D eigenvalue weighted by molar-refractivity contribution is 8.01. The van der Waals surface area contributed by atoms with Gasteiger partial charge in [-0.3, -0.25) is 9.52 Å². The third-order valence-electron chi connectivity index (χ3n) is 3.38. The zero-order chi connectivity index (χ0) is 19.4. The van der Waals surface area contributed by atoms with Crippen molar-refractivity contribution in [1.29, 1.82) is 0 Å². The van der Waals surface area contributed by atoms with E-state index in [4.69, 9.17) is 11.6 Å². The van der Waals surface area contributed by atoms with Gasteiger partial charge in [0.1, 0.15) is 0 Å². The van der Waals surface area contributed by atoms with Crippen LogP contribution in [0, 0.1) is 0 Å². The highest BCUT2D eigenvalue weighted by Gasteiger charge is 2.10. The SMILES string of the molecule is CS(=O)(=O)Nc1ccc(NC(=O)CCSc2nc3ccccc3s2)cc1Cl. The third-order valence-corrected chi connectivity index (χ3v) is 6.46. The van der Waals surface area contributed by atoms with E-state index in [1.165, 1.54) is 12.1 Å². The highest BCUT2D eigenvalue weighted by atomic mass is 35.5. The van der Waals surface area contributed by atoms with Gasteiger partial charge in [0.25, 0.3) is 0 Å². The van der Waals surface area contributed by atoms with Crippen LogP contribution in [0.1, 0.15) is 6.42 Å². The number of thiazole rings is 1. The number of nitrogens with zero attached hydrogens (tertiary/aromatic N) is 1. The fraction of sp³-hybridized carbons (Fsp3) is 0.176. The molecule has 0 saturated carbocycles. The van der Waals surface area contributed by atoms with E-state index in [0.717, 1.165) is 20.8 Å². The van der Waals surface area contributed by atoms with Crippen molar-refractivity contribution in [3.8, 4) is 0 Å². The zero-order valence-corrected chi connectivity index (χ0v) is 17.4. The topological polar surface area (TPSA) is 88.2 Å². The van der Waals surface area contributed by atoms with E-state index in [2.05, 4.69) is 15.0 Å². The van der Waals surface area contributed by atoms with Gasteiger partial charge in [0.15, 0.2) is 4.34 Å². The molecule has 0 unspecified atom stereocenters. The van der Waals surface area contributed by atoms with Gasteiger partial charge in [-0.2, -0.15) is 0 Å². The lowest BCUT2D eigenvalue weighted by molar-refractivity contribution is -0.115. The summed E-state index contributed by atoms with van der Waals surface area (Å²) in [5, 5.41) is 2.96. The average Bonchev–Trinajstić information content (AvgIpc) is 2.99. The maximum atomic E-state index is 12.1. The summed E-state index contributed by atoms with van der Waals surface area (Å²) in [6.45, 7) is 0. The molecule has 3 aromatic rings. The quantitative estimate of drug-likeness (QED) is 0.529. The van der Waals surface area contributed by atoms with Crippen LogP contribution in [0.2, 0.25) is 5.02 Å². The van der Waals surface area contributed by atoms with E-state index in [1.807, 2.05) is 24.3 Å². The number of thioether (sulfide) groups is 1. The molecule has 2 N–H and O–H groups in total. The van der Waals surface area contributed by atoms with Gasteiger partial charge < -0.3 is 5.32 Å². The second kappa shape index (κ2) is 8.47. The van der Waals surface area contributed by atoms with Crippen molar-refractivity contribution in [2.24, 2.45) is 0 Å². The lowest BCUT2D eigenvalue weighted by atomic mass is 10.3. The van der Waals surface area contributed by atoms with Gasteiger partial charge in [-0.25, -0.2) is 13.4 Å². The summed E-state index contributed by atoms with van der Waals surface area (Å²) in [4.78, 5) is 16.6. The minimum absolute atomic E-state index is 0.150. The van der Waals surface area contributed by atoms with Gasteiger partial charge in [-0.05, 0) is 30.3 Å². The molecule has 0 aliphatic heterocycles. The van der Waals surface area contributed by atoms with Crippen LogP contribution in [0.5, 0.6) is 0 Å². The molecule has 0 atom stereocenters. The molecule has 0 fully saturated rings. The fourth-order valence-corrected chi connectivity index (χ4v) is 5.18. The van der Waals surface area contributed by atoms with Crippen molar-refractivity contribution in [2.75, 3.05) is 22.0 Å². The van der Waals surface area contributed by atoms with E-state index >= 15 is 0 Å². The minimum Gasteiger partial charge on any atom is -0.326 e. The number of fused-ring (bicyclic) bond motifs is 1. The number of sulfonamides is 1. The molecule has 1 amide bonds. The molecule has 1 aromatic heterocycles. The second-order valence-corrected chi connectivity index (χ2v) is 10.2. The maximum Gasteiger partial charge on any atom is 0.229 e. The predicted octanol–water partition coefficient (Wildman–Crippen LogP) is 4.44. The zero-order valence-electron chi connectivity index (χ0n) is 14.2. The molecule has 10 heteroatoms. The molecule has 0 radical (unpaired) electrons. The number of benzene rings is 2. The largest absolute Gasteiger partial charge is 0.326 e. The number of rotatable bonds is 7. The summed E-state index contributed by atoms with van der Waals surface area (Å²) in [6, 6.07) is 12.5. The Labute approximate surface area is 170 Å². The highest BCUT2D eigenvalue weighted by Crippen LogP contribution is 2.30. The Bertz CT molecular complexity index is 1050. The Morgan fingerprint density at radius 1 is 1.26 bits per heavy atom. The Morgan fingerprint density at radius 2 is 2.04 bits per heavy atom. The minimum atomic E-state index is -3.41. The first-order chi connectivity index (χ1) is 12.8. The Balaban J connectivity index is 1.52. The number of aromatic nitrogens is 1. The predicted molar refractivity (Wildman–Crippen MR) is 114 cm³/mol. The van der Waals surface area contributed by atoms with Crippen molar-refractivity contribution in [2.45, 2.75) is 10.8 Å². The molecule has 27 heavy (non-hydrogen) atoms. The van der Waals surface area contributed by atoms with E-state index in [9.17, 15) is 13.2 Å². The second-order valence-electron chi connectivity index (χ2n) is 5.66. The van der Waals surface area contributed by atoms with Gasteiger partial charge in [0.2, 0.25) is 15.9 Å². The summed E-state index contributed by atoms with van der Waals surface area (Å²) in [5.41, 5.74) is 1.74. The number of amides is 1. The molecule has 0 bridgehead atoms. The van der Waals surface area contributed by atoms with Crippen molar-refractivity contribution in [1.82, 2.24) is 4.98 Å². The summed E-state index contributed by atoms with van der Waals surface area (Å²) in [5.74, 6) is 0.455. The van der Waals surface area contributed by atoms with Gasteiger partial charge in [0, 0.05) is 17.9 Å². The van der Waals surface area contributed by atoms with Crippen molar-refractivity contribution in [3.05, 3.63) is 47.5 Å². The molecular weight excluding hydrogens is 426 g/mol. The lowest BCUT2D eigenvalue weighted by Gasteiger charge is -2.09. The number of hydrogen-bond donors (Lipinski definition) is 2. The molecule has 0 saturated heterocycles. The standard InChI is InChI=1S/C17H16ClN3O3S3/c1-27(23,24)21-13-7-6-11(10-12(13)18)19-16(22)8-9-25-17-20-14-4-2-3-5-15(14)26-17/h2-7,10,21H,8-9H2,1H3,(H,19,22). The van der Waals surface area contributed by atoms with Crippen LogP contribution < -0.4 is 10.0 Å². The number of halogens is 1.